The first-order valence-corrected chi connectivity index (χ1v) is 4.74. The van der Waals surface area contributed by atoms with Gasteiger partial charge in [0.1, 0.15) is 6.66 Å². The smallest absolute Gasteiger partial charge is 0.168 e. The van der Waals surface area contributed by atoms with Crippen molar-refractivity contribution in [3.8, 4) is 0 Å². The first-order chi connectivity index (χ1) is 3.92. The van der Waals surface area contributed by atoms with Crippen LogP contribution < -0.4 is 0 Å². The fraction of sp³-hybridized carbons (Fsp3) is 1.00. The third kappa shape index (κ3) is 8.27. The lowest BCUT2D eigenvalue weighted by atomic mass is 10.7. The van der Waals surface area contributed by atoms with Crippen molar-refractivity contribution >= 4 is 18.7 Å². The maximum Gasteiger partial charge on any atom is 0.416 e. The molecule has 0 heterocycles. The maximum atomic E-state index is 11.3. The van der Waals surface area contributed by atoms with Gasteiger partial charge in [0.15, 0.2) is 18.4 Å². The molecule has 0 aliphatic rings. The molecule has 0 aromatic rings. The van der Waals surface area contributed by atoms with Crippen molar-refractivity contribution in [2.24, 2.45) is 0 Å². The molecule has 1 unspecified atom stereocenters. The summed E-state index contributed by atoms with van der Waals surface area (Å²) in [5.41, 5.74) is 0. The Morgan fingerprint density at radius 1 is 1.56 bits per heavy atom. The summed E-state index contributed by atoms with van der Waals surface area (Å²) in [6, 6.07) is 0. The van der Waals surface area contributed by atoms with Gasteiger partial charge in [0.2, 0.25) is 0 Å². The molecule has 0 aliphatic heterocycles. The van der Waals surface area contributed by atoms with Crippen molar-refractivity contribution in [1.29, 1.82) is 0 Å². The lowest BCUT2D eigenvalue weighted by Crippen LogP contribution is -2.14. The summed E-state index contributed by atoms with van der Waals surface area (Å²) in [4.78, 5) is 0. The zero-order valence-electron chi connectivity index (χ0n) is 4.60. The Balaban J connectivity index is 3.39. The lowest BCUT2D eigenvalue weighted by Gasteiger charge is -1.98. The Labute approximate surface area is 56.7 Å². The van der Waals surface area contributed by atoms with E-state index >= 15 is 0 Å². The molecular formula is C3H5F3OPS+. The molecule has 0 N–H and O–H groups in total. The Morgan fingerprint density at radius 3 is 2.11 bits per heavy atom. The van der Waals surface area contributed by atoms with Crippen LogP contribution in [0.5, 0.6) is 0 Å². The molecular weight excluding hydrogens is 172 g/mol. The average Bonchev–Trinajstić information content (AvgIpc) is 1.59. The van der Waals surface area contributed by atoms with Gasteiger partial charge in [-0.1, -0.05) is 0 Å². The summed E-state index contributed by atoms with van der Waals surface area (Å²) in [5.74, 6) is 0. The van der Waals surface area contributed by atoms with Crippen molar-refractivity contribution in [3.63, 3.8) is 0 Å². The highest BCUT2D eigenvalue weighted by Gasteiger charge is 2.30. The molecule has 54 valence electrons. The van der Waals surface area contributed by atoms with Gasteiger partial charge in [0.05, 0.1) is 0 Å². The molecule has 0 fully saturated rings. The maximum absolute atomic E-state index is 11.3. The monoisotopic (exact) mass is 177 g/mol. The normalized spacial score (nSPS) is 13.6. The summed E-state index contributed by atoms with van der Waals surface area (Å²) < 4.78 is 37.9. The second kappa shape index (κ2) is 3.44. The molecule has 0 saturated carbocycles. The lowest BCUT2D eigenvalue weighted by molar-refractivity contribution is -0.151. The molecule has 1 atom stereocenters. The fourth-order valence-electron chi connectivity index (χ4n) is 0.164. The minimum Gasteiger partial charge on any atom is -0.168 e. The Bertz CT molecular complexity index is 112. The van der Waals surface area contributed by atoms with E-state index in [9.17, 15) is 13.2 Å². The van der Waals surface area contributed by atoms with Gasteiger partial charge in [-0.2, -0.15) is 17.7 Å². The molecule has 0 aromatic heterocycles. The van der Waals surface area contributed by atoms with E-state index in [-0.39, 0.29) is 0 Å². The van der Waals surface area contributed by atoms with E-state index in [4.69, 9.17) is 0 Å². The van der Waals surface area contributed by atoms with Crippen LogP contribution in [0.4, 0.5) is 13.2 Å². The third-order valence-electron chi connectivity index (χ3n) is 0.410. The van der Waals surface area contributed by atoms with Gasteiger partial charge in [0, 0.05) is 0 Å². The Kier molecular flexibility index (Phi) is 3.54. The molecule has 0 saturated heterocycles. The van der Waals surface area contributed by atoms with E-state index in [0.717, 1.165) is 0 Å². The molecule has 0 radical (unpaired) electrons. The highest BCUT2D eigenvalue weighted by Crippen LogP contribution is 2.23. The average molecular weight is 177 g/mol. The molecule has 1 nitrogen and oxygen atoms in total. The molecule has 0 aromatic carbocycles. The predicted octanol–water partition coefficient (Wildman–Crippen LogP) is 2.05. The van der Waals surface area contributed by atoms with Crippen LogP contribution in [-0.2, 0) is 16.3 Å². The second-order valence-electron chi connectivity index (χ2n) is 1.33. The number of alkyl halides is 3. The van der Waals surface area contributed by atoms with Gasteiger partial charge in [-0.05, 0) is 0 Å². The van der Waals surface area contributed by atoms with Crippen LogP contribution in [0.25, 0.3) is 0 Å². The SMILES string of the molecule is C[P+](=S)OCC(F)(F)F. The van der Waals surface area contributed by atoms with Gasteiger partial charge >= 0.3 is 13.1 Å². The number of hydrogen-bond donors (Lipinski definition) is 0. The van der Waals surface area contributed by atoms with Crippen LogP contribution in [0.1, 0.15) is 0 Å². The molecule has 0 aliphatic carbocycles. The van der Waals surface area contributed by atoms with Gasteiger partial charge in [-0.3, -0.25) is 0 Å². The number of halogens is 3. The van der Waals surface area contributed by atoms with Crippen molar-refractivity contribution in [1.82, 2.24) is 0 Å². The van der Waals surface area contributed by atoms with E-state index in [2.05, 4.69) is 16.3 Å². The number of hydrogen-bond acceptors (Lipinski definition) is 2. The largest absolute Gasteiger partial charge is 0.416 e. The fourth-order valence-corrected chi connectivity index (χ4v) is 0.650. The van der Waals surface area contributed by atoms with E-state index in [1.165, 1.54) is 6.66 Å². The van der Waals surface area contributed by atoms with Gasteiger partial charge in [-0.25, -0.2) is 0 Å². The Hall–Kier alpha value is 0.270. The standard InChI is InChI=1S/C3H5F3OPS/c1-8(9)7-2-3(4,5)6/h2H2,1H3/q+1. The quantitative estimate of drug-likeness (QED) is 0.597. The summed E-state index contributed by atoms with van der Waals surface area (Å²) in [6.07, 6.45) is -4.24. The minimum atomic E-state index is -4.24. The summed E-state index contributed by atoms with van der Waals surface area (Å²) >= 11 is 4.39. The van der Waals surface area contributed by atoms with Crippen LogP contribution in [0.3, 0.4) is 0 Å². The van der Waals surface area contributed by atoms with Crippen LogP contribution in [0.2, 0.25) is 0 Å². The summed E-state index contributed by atoms with van der Waals surface area (Å²) in [6.45, 7) is -1.08. The molecule has 0 rings (SSSR count). The van der Waals surface area contributed by atoms with Crippen molar-refractivity contribution in [2.45, 2.75) is 6.18 Å². The minimum absolute atomic E-state index is 1.22. The van der Waals surface area contributed by atoms with E-state index < -0.39 is 19.7 Å². The van der Waals surface area contributed by atoms with Crippen molar-refractivity contribution in [2.75, 3.05) is 13.3 Å². The van der Waals surface area contributed by atoms with Crippen LogP contribution in [0.15, 0.2) is 0 Å². The highest BCUT2D eigenvalue weighted by atomic mass is 32.4. The first kappa shape index (κ1) is 9.27. The van der Waals surface area contributed by atoms with Crippen molar-refractivity contribution in [3.05, 3.63) is 0 Å². The van der Waals surface area contributed by atoms with Crippen LogP contribution in [0, 0.1) is 0 Å². The van der Waals surface area contributed by atoms with E-state index in [1.54, 1.807) is 0 Å². The van der Waals surface area contributed by atoms with Gasteiger partial charge in [-0.15, -0.1) is 0 Å². The first-order valence-electron chi connectivity index (χ1n) is 2.02. The van der Waals surface area contributed by atoms with Crippen molar-refractivity contribution < 1.29 is 17.7 Å². The molecule has 0 spiro atoms. The van der Waals surface area contributed by atoms with Gasteiger partial charge in [0.25, 0.3) is 0 Å². The highest BCUT2D eigenvalue weighted by molar-refractivity contribution is 8.02. The van der Waals surface area contributed by atoms with Crippen LogP contribution >= 0.6 is 6.92 Å². The summed E-state index contributed by atoms with van der Waals surface area (Å²) in [5, 5.41) is 0. The zero-order valence-corrected chi connectivity index (χ0v) is 6.32. The van der Waals surface area contributed by atoms with Crippen LogP contribution in [-0.4, -0.2) is 19.4 Å². The third-order valence-corrected chi connectivity index (χ3v) is 1.22. The Morgan fingerprint density at radius 2 is 2.00 bits per heavy atom. The summed E-state index contributed by atoms with van der Waals surface area (Å²) in [7, 11) is 0. The molecule has 0 amide bonds. The predicted molar refractivity (Wildman–Crippen MR) is 32.2 cm³/mol. The number of rotatable bonds is 2. The zero-order chi connectivity index (χ0) is 7.49. The topological polar surface area (TPSA) is 9.23 Å². The van der Waals surface area contributed by atoms with E-state index in [1.807, 2.05) is 0 Å². The molecule has 6 heteroatoms. The molecule has 9 heavy (non-hydrogen) atoms. The van der Waals surface area contributed by atoms with Gasteiger partial charge < -0.3 is 0 Å². The van der Waals surface area contributed by atoms with E-state index in [0.29, 0.717) is 0 Å². The molecule has 0 bridgehead atoms. The second-order valence-corrected chi connectivity index (χ2v) is 4.01.